The first-order valence-corrected chi connectivity index (χ1v) is 9.08. The molecule has 0 aromatic heterocycles. The maximum Gasteiger partial charge on any atom is 0.418 e. The van der Waals surface area contributed by atoms with Crippen LogP contribution >= 0.6 is 23.2 Å². The Hall–Kier alpha value is -3.04. The molecule has 4 amide bonds. The summed E-state index contributed by atoms with van der Waals surface area (Å²) in [5.74, 6) is -1.81. The average Bonchev–Trinajstić information content (AvgIpc) is 2.92. The van der Waals surface area contributed by atoms with Crippen molar-refractivity contribution in [1.29, 1.82) is 0 Å². The standard InChI is InChI=1S/C19H12Cl2F3N3O3/c20-12-6-3-4-10(16(12)21)8-14-17(29)27(18(30)26-14)9-15(28)25-13-7-2-1-5-11(13)19(22,23)24/h1-8H,9H2,(H,25,28)(H,26,30). The van der Waals surface area contributed by atoms with Crippen LogP contribution < -0.4 is 10.6 Å². The van der Waals surface area contributed by atoms with Crippen molar-refractivity contribution in [3.63, 3.8) is 0 Å². The van der Waals surface area contributed by atoms with Crippen LogP contribution in [0.1, 0.15) is 11.1 Å². The lowest BCUT2D eigenvalue weighted by Crippen LogP contribution is -2.38. The van der Waals surface area contributed by atoms with Crippen LogP contribution in [0.3, 0.4) is 0 Å². The van der Waals surface area contributed by atoms with E-state index in [0.29, 0.717) is 10.5 Å². The van der Waals surface area contributed by atoms with Crippen molar-refractivity contribution >= 4 is 52.8 Å². The van der Waals surface area contributed by atoms with E-state index in [0.717, 1.165) is 12.1 Å². The Bertz CT molecular complexity index is 1070. The van der Waals surface area contributed by atoms with E-state index < -0.39 is 41.8 Å². The van der Waals surface area contributed by atoms with Gasteiger partial charge in [-0.3, -0.25) is 9.59 Å². The molecular weight excluding hydrogens is 446 g/mol. The summed E-state index contributed by atoms with van der Waals surface area (Å²) >= 11 is 12.0. The van der Waals surface area contributed by atoms with Crippen LogP contribution in [0.25, 0.3) is 6.08 Å². The Kier molecular flexibility index (Phi) is 6.04. The number of carbonyl (C=O) groups is 3. The van der Waals surface area contributed by atoms with Crippen molar-refractivity contribution in [2.24, 2.45) is 0 Å². The first-order chi connectivity index (χ1) is 14.1. The highest BCUT2D eigenvalue weighted by molar-refractivity contribution is 6.43. The van der Waals surface area contributed by atoms with Crippen molar-refractivity contribution in [2.45, 2.75) is 6.18 Å². The molecule has 0 radical (unpaired) electrons. The van der Waals surface area contributed by atoms with Crippen molar-refractivity contribution < 1.29 is 27.6 Å². The zero-order chi connectivity index (χ0) is 22.1. The van der Waals surface area contributed by atoms with Crippen molar-refractivity contribution in [3.05, 3.63) is 69.3 Å². The van der Waals surface area contributed by atoms with E-state index in [2.05, 4.69) is 10.6 Å². The molecule has 0 saturated carbocycles. The number of anilines is 1. The van der Waals surface area contributed by atoms with Gasteiger partial charge in [0.2, 0.25) is 5.91 Å². The number of alkyl halides is 3. The molecular formula is C19H12Cl2F3N3O3. The van der Waals surface area contributed by atoms with Crippen molar-refractivity contribution in [2.75, 3.05) is 11.9 Å². The molecule has 2 N–H and O–H groups in total. The summed E-state index contributed by atoms with van der Waals surface area (Å²) in [4.78, 5) is 37.3. The maximum absolute atomic E-state index is 13.0. The molecule has 1 aliphatic heterocycles. The molecule has 2 aromatic rings. The zero-order valence-corrected chi connectivity index (χ0v) is 16.4. The second kappa shape index (κ2) is 8.37. The lowest BCUT2D eigenvalue weighted by atomic mass is 10.1. The minimum atomic E-state index is -4.68. The zero-order valence-electron chi connectivity index (χ0n) is 14.9. The van der Waals surface area contributed by atoms with Gasteiger partial charge in [-0.2, -0.15) is 13.2 Å². The number of nitrogens with zero attached hydrogens (tertiary/aromatic N) is 1. The van der Waals surface area contributed by atoms with Gasteiger partial charge in [0, 0.05) is 0 Å². The number of benzene rings is 2. The van der Waals surface area contributed by atoms with Gasteiger partial charge in [-0.15, -0.1) is 0 Å². The van der Waals surface area contributed by atoms with E-state index in [9.17, 15) is 27.6 Å². The largest absolute Gasteiger partial charge is 0.418 e. The Balaban J connectivity index is 1.76. The number of nitrogens with one attached hydrogen (secondary N) is 2. The van der Waals surface area contributed by atoms with Gasteiger partial charge in [-0.1, -0.05) is 47.5 Å². The van der Waals surface area contributed by atoms with E-state index in [1.54, 1.807) is 12.1 Å². The van der Waals surface area contributed by atoms with Crippen molar-refractivity contribution in [3.8, 4) is 0 Å². The summed E-state index contributed by atoms with van der Waals surface area (Å²) in [6, 6.07) is 8.15. The molecule has 0 aliphatic carbocycles. The van der Waals surface area contributed by atoms with E-state index in [-0.39, 0.29) is 15.7 Å². The third-order valence-corrected chi connectivity index (χ3v) is 4.89. The number of rotatable bonds is 4. The highest BCUT2D eigenvalue weighted by Gasteiger charge is 2.36. The van der Waals surface area contributed by atoms with Gasteiger partial charge in [0.15, 0.2) is 0 Å². The number of hydrogen-bond donors (Lipinski definition) is 2. The molecule has 156 valence electrons. The van der Waals surface area contributed by atoms with Gasteiger partial charge < -0.3 is 10.6 Å². The number of carbonyl (C=O) groups excluding carboxylic acids is 3. The number of imide groups is 1. The lowest BCUT2D eigenvalue weighted by molar-refractivity contribution is -0.137. The second-order valence-corrected chi connectivity index (χ2v) is 6.90. The second-order valence-electron chi connectivity index (χ2n) is 6.11. The van der Waals surface area contributed by atoms with Gasteiger partial charge in [-0.05, 0) is 29.8 Å². The Morgan fingerprint density at radius 3 is 2.50 bits per heavy atom. The number of para-hydroxylation sites is 1. The Labute approximate surface area is 178 Å². The predicted octanol–water partition coefficient (Wildman–Crippen LogP) is 4.54. The fourth-order valence-electron chi connectivity index (χ4n) is 2.68. The molecule has 3 rings (SSSR count). The first-order valence-electron chi connectivity index (χ1n) is 8.32. The first kappa shape index (κ1) is 21.7. The minimum absolute atomic E-state index is 0.160. The third kappa shape index (κ3) is 4.58. The van der Waals surface area contributed by atoms with Gasteiger partial charge in [0.25, 0.3) is 5.91 Å². The van der Waals surface area contributed by atoms with Crippen LogP contribution in [0.15, 0.2) is 48.2 Å². The molecule has 6 nitrogen and oxygen atoms in total. The van der Waals surface area contributed by atoms with Gasteiger partial charge in [0.1, 0.15) is 12.2 Å². The molecule has 0 bridgehead atoms. The molecule has 1 saturated heterocycles. The van der Waals surface area contributed by atoms with Gasteiger partial charge in [0.05, 0.1) is 21.3 Å². The normalized spacial score (nSPS) is 15.5. The number of urea groups is 1. The molecule has 1 heterocycles. The van der Waals surface area contributed by atoms with Crippen molar-refractivity contribution in [1.82, 2.24) is 10.2 Å². The van der Waals surface area contributed by atoms with Gasteiger partial charge in [-0.25, -0.2) is 9.69 Å². The third-order valence-electron chi connectivity index (χ3n) is 4.05. The van der Waals surface area contributed by atoms with Crippen LogP contribution in [0, 0.1) is 0 Å². The highest BCUT2D eigenvalue weighted by atomic mass is 35.5. The molecule has 1 fully saturated rings. The summed E-state index contributed by atoms with van der Waals surface area (Å²) in [7, 11) is 0. The molecule has 0 spiro atoms. The SMILES string of the molecule is O=C(CN1C(=O)NC(=Cc2cccc(Cl)c2Cl)C1=O)Nc1ccccc1C(F)(F)F. The molecule has 2 aromatic carbocycles. The average molecular weight is 458 g/mol. The van der Waals surface area contributed by atoms with Crippen LogP contribution in [-0.4, -0.2) is 29.3 Å². The van der Waals surface area contributed by atoms with E-state index in [1.165, 1.54) is 24.3 Å². The van der Waals surface area contributed by atoms with E-state index >= 15 is 0 Å². The Morgan fingerprint density at radius 1 is 1.10 bits per heavy atom. The summed E-state index contributed by atoms with van der Waals surface area (Å²) in [5, 5.41) is 4.77. The van der Waals surface area contributed by atoms with Crippen LogP contribution in [0.5, 0.6) is 0 Å². The molecule has 30 heavy (non-hydrogen) atoms. The van der Waals surface area contributed by atoms with Crippen LogP contribution in [-0.2, 0) is 15.8 Å². The van der Waals surface area contributed by atoms with Gasteiger partial charge >= 0.3 is 12.2 Å². The highest BCUT2D eigenvalue weighted by Crippen LogP contribution is 2.34. The summed E-state index contributed by atoms with van der Waals surface area (Å²) < 4.78 is 39.1. The molecule has 11 heteroatoms. The summed E-state index contributed by atoms with van der Waals surface area (Å²) in [6.45, 7) is -0.780. The van der Waals surface area contributed by atoms with Crippen LogP contribution in [0.2, 0.25) is 10.0 Å². The topological polar surface area (TPSA) is 78.5 Å². The minimum Gasteiger partial charge on any atom is -0.324 e. The van der Waals surface area contributed by atoms with Crippen LogP contribution in [0.4, 0.5) is 23.7 Å². The molecule has 0 atom stereocenters. The fourth-order valence-corrected chi connectivity index (χ4v) is 3.04. The quantitative estimate of drug-likeness (QED) is 0.522. The molecule has 0 unspecified atom stereocenters. The summed E-state index contributed by atoms with van der Waals surface area (Å²) in [5.41, 5.74) is -1.33. The van der Waals surface area contributed by atoms with E-state index in [1.807, 2.05) is 0 Å². The fraction of sp³-hybridized carbons (Fsp3) is 0.105. The smallest absolute Gasteiger partial charge is 0.324 e. The Morgan fingerprint density at radius 2 is 1.80 bits per heavy atom. The van der Waals surface area contributed by atoms with E-state index in [4.69, 9.17) is 23.2 Å². The number of hydrogen-bond acceptors (Lipinski definition) is 3. The predicted molar refractivity (Wildman–Crippen MR) is 105 cm³/mol. The number of halogens is 5. The molecule has 1 aliphatic rings. The monoisotopic (exact) mass is 457 g/mol. The summed E-state index contributed by atoms with van der Waals surface area (Å²) in [6.07, 6.45) is -3.40. The maximum atomic E-state index is 13.0. The number of amides is 4. The lowest BCUT2D eigenvalue weighted by Gasteiger charge is -2.15.